The van der Waals surface area contributed by atoms with Crippen molar-refractivity contribution in [3.8, 4) is 0 Å². The van der Waals surface area contributed by atoms with Crippen molar-refractivity contribution in [1.29, 1.82) is 0 Å². The molecular weight excluding hydrogens is 294 g/mol. The minimum atomic E-state index is -3.95. The monoisotopic (exact) mass is 307 g/mol. The molecule has 110 valence electrons. The van der Waals surface area contributed by atoms with E-state index in [0.717, 1.165) is 0 Å². The summed E-state index contributed by atoms with van der Waals surface area (Å²) in [4.78, 5) is 27.4. The number of aromatic amines is 1. The van der Waals surface area contributed by atoms with Gasteiger partial charge in [-0.1, -0.05) is 12.1 Å². The number of sulfonamides is 1. The molecule has 0 saturated carbocycles. The minimum absolute atomic E-state index is 0.109. The van der Waals surface area contributed by atoms with Crippen LogP contribution in [0.4, 0.5) is 0 Å². The molecule has 0 atom stereocenters. The van der Waals surface area contributed by atoms with Crippen LogP contribution >= 0.6 is 0 Å². The van der Waals surface area contributed by atoms with E-state index in [1.807, 2.05) is 4.83 Å². The number of rotatable bonds is 5. The molecule has 2 rings (SSSR count). The van der Waals surface area contributed by atoms with Gasteiger partial charge in [0, 0.05) is 11.8 Å². The van der Waals surface area contributed by atoms with Gasteiger partial charge in [0.1, 0.15) is 5.69 Å². The average Bonchev–Trinajstić information content (AvgIpc) is 2.99. The molecule has 1 aromatic heterocycles. The molecule has 1 aromatic carbocycles. The van der Waals surface area contributed by atoms with Crippen molar-refractivity contribution in [3.05, 3.63) is 53.9 Å². The lowest BCUT2D eigenvalue weighted by atomic mass is 10.2. The van der Waals surface area contributed by atoms with Gasteiger partial charge in [-0.3, -0.25) is 15.0 Å². The zero-order chi connectivity index (χ0) is 15.5. The zero-order valence-electron chi connectivity index (χ0n) is 11.1. The van der Waals surface area contributed by atoms with E-state index in [2.05, 4.69) is 10.4 Å². The molecule has 1 heterocycles. The van der Waals surface area contributed by atoms with Gasteiger partial charge >= 0.3 is 0 Å². The van der Waals surface area contributed by atoms with Gasteiger partial charge in [0.2, 0.25) is 0 Å². The van der Waals surface area contributed by atoms with E-state index in [1.165, 1.54) is 37.3 Å². The van der Waals surface area contributed by atoms with E-state index < -0.39 is 15.9 Å². The molecule has 21 heavy (non-hydrogen) atoms. The summed E-state index contributed by atoms with van der Waals surface area (Å²) in [7, 11) is -3.95. The van der Waals surface area contributed by atoms with Gasteiger partial charge < -0.3 is 4.98 Å². The molecule has 8 heteroatoms. The Balaban J connectivity index is 2.13. The summed E-state index contributed by atoms with van der Waals surface area (Å²) < 4.78 is 24.1. The molecule has 0 aliphatic carbocycles. The van der Waals surface area contributed by atoms with E-state index in [4.69, 9.17) is 0 Å². The summed E-state index contributed by atoms with van der Waals surface area (Å²) in [6.45, 7) is 1.34. The molecule has 0 bridgehead atoms. The lowest BCUT2D eigenvalue weighted by Crippen LogP contribution is -2.41. The molecule has 0 radical (unpaired) electrons. The van der Waals surface area contributed by atoms with Crippen molar-refractivity contribution in [1.82, 2.24) is 15.2 Å². The maximum atomic E-state index is 12.0. The first-order chi connectivity index (χ1) is 9.90. The Morgan fingerprint density at radius 3 is 2.52 bits per heavy atom. The number of Topliss-reactive ketones (excluding diaryl/α,β-unsaturated/α-hetero) is 1. The smallest absolute Gasteiger partial charge is 0.282 e. The van der Waals surface area contributed by atoms with Crippen molar-refractivity contribution in [3.63, 3.8) is 0 Å². The van der Waals surface area contributed by atoms with Crippen molar-refractivity contribution in [2.45, 2.75) is 11.8 Å². The fourth-order valence-electron chi connectivity index (χ4n) is 1.59. The molecule has 1 amide bonds. The first-order valence-corrected chi connectivity index (χ1v) is 7.45. The highest BCUT2D eigenvalue weighted by Gasteiger charge is 2.17. The number of hydrogen-bond acceptors (Lipinski definition) is 4. The van der Waals surface area contributed by atoms with Crippen molar-refractivity contribution < 1.29 is 18.0 Å². The average molecular weight is 307 g/mol. The van der Waals surface area contributed by atoms with Crippen LogP contribution in [0, 0.1) is 0 Å². The molecule has 0 fully saturated rings. The Bertz CT molecular complexity index is 766. The van der Waals surface area contributed by atoms with Crippen molar-refractivity contribution >= 4 is 21.7 Å². The van der Waals surface area contributed by atoms with Crippen LogP contribution in [0.25, 0.3) is 0 Å². The van der Waals surface area contributed by atoms with Crippen LogP contribution in [0.2, 0.25) is 0 Å². The zero-order valence-corrected chi connectivity index (χ0v) is 11.9. The highest BCUT2D eigenvalue weighted by atomic mass is 32.2. The van der Waals surface area contributed by atoms with Gasteiger partial charge in [-0.15, -0.1) is 4.83 Å². The van der Waals surface area contributed by atoms with E-state index in [9.17, 15) is 18.0 Å². The quantitative estimate of drug-likeness (QED) is 0.562. The second-order valence-electron chi connectivity index (χ2n) is 4.23. The number of hydrazine groups is 1. The number of ketones is 1. The van der Waals surface area contributed by atoms with Gasteiger partial charge in [0.15, 0.2) is 5.78 Å². The third-order valence-electron chi connectivity index (χ3n) is 2.69. The Hall–Kier alpha value is -2.45. The summed E-state index contributed by atoms with van der Waals surface area (Å²) in [6, 6.07) is 8.65. The Kier molecular flexibility index (Phi) is 4.20. The highest BCUT2D eigenvalue weighted by molar-refractivity contribution is 7.89. The number of amides is 1. The van der Waals surface area contributed by atoms with Crippen molar-refractivity contribution in [2.75, 3.05) is 0 Å². The molecular formula is C13H13N3O4S. The van der Waals surface area contributed by atoms with E-state index in [0.29, 0.717) is 0 Å². The molecule has 0 aliphatic rings. The Morgan fingerprint density at radius 1 is 1.14 bits per heavy atom. The topological polar surface area (TPSA) is 108 Å². The van der Waals surface area contributed by atoms with Crippen LogP contribution in [-0.4, -0.2) is 25.1 Å². The normalized spacial score (nSPS) is 11.1. The first-order valence-electron chi connectivity index (χ1n) is 5.97. The molecule has 2 aromatic rings. The standard InChI is InChI=1S/C13H13N3O4S/c1-9(17)10-4-2-5-11(8-10)21(19,20)16-15-13(18)12-6-3-7-14-12/h2-8,14,16H,1H3,(H,15,18). The van der Waals surface area contributed by atoms with Crippen LogP contribution in [0.3, 0.4) is 0 Å². The minimum Gasteiger partial charge on any atom is -0.357 e. The summed E-state index contributed by atoms with van der Waals surface area (Å²) in [5.74, 6) is -0.867. The number of nitrogens with one attached hydrogen (secondary N) is 3. The van der Waals surface area contributed by atoms with Gasteiger partial charge in [-0.2, -0.15) is 0 Å². The fourth-order valence-corrected chi connectivity index (χ4v) is 2.48. The van der Waals surface area contributed by atoms with E-state index in [-0.39, 0.29) is 21.9 Å². The molecule has 0 saturated heterocycles. The van der Waals surface area contributed by atoms with Crippen LogP contribution < -0.4 is 10.3 Å². The predicted molar refractivity (Wildman–Crippen MR) is 75.0 cm³/mol. The number of benzene rings is 1. The van der Waals surface area contributed by atoms with Gasteiger partial charge in [0.25, 0.3) is 15.9 Å². The number of hydrogen-bond donors (Lipinski definition) is 3. The summed E-state index contributed by atoms with van der Waals surface area (Å²) >= 11 is 0. The number of aromatic nitrogens is 1. The summed E-state index contributed by atoms with van der Waals surface area (Å²) in [5, 5.41) is 0. The lowest BCUT2D eigenvalue weighted by molar-refractivity contribution is 0.0939. The number of carbonyl (C=O) groups is 2. The van der Waals surface area contributed by atoms with Crippen molar-refractivity contribution in [2.24, 2.45) is 0 Å². The lowest BCUT2D eigenvalue weighted by Gasteiger charge is -2.08. The molecule has 0 unspecified atom stereocenters. The third-order valence-corrected chi connectivity index (χ3v) is 3.94. The molecule has 0 spiro atoms. The van der Waals surface area contributed by atoms with E-state index >= 15 is 0 Å². The Morgan fingerprint density at radius 2 is 1.90 bits per heavy atom. The maximum Gasteiger partial charge on any atom is 0.282 e. The third kappa shape index (κ3) is 3.56. The van der Waals surface area contributed by atoms with Crippen LogP contribution in [0.5, 0.6) is 0 Å². The largest absolute Gasteiger partial charge is 0.357 e. The molecule has 7 nitrogen and oxygen atoms in total. The molecule has 3 N–H and O–H groups in total. The highest BCUT2D eigenvalue weighted by Crippen LogP contribution is 2.11. The number of carbonyl (C=O) groups excluding carboxylic acids is 2. The second kappa shape index (κ2) is 5.90. The number of H-pyrrole nitrogens is 1. The fraction of sp³-hybridized carbons (Fsp3) is 0.0769. The van der Waals surface area contributed by atoms with Gasteiger partial charge in [-0.05, 0) is 31.2 Å². The first kappa shape index (κ1) is 14.9. The Labute approximate surface area is 121 Å². The second-order valence-corrected chi connectivity index (χ2v) is 5.91. The van der Waals surface area contributed by atoms with Crippen LogP contribution in [0.15, 0.2) is 47.5 Å². The SMILES string of the molecule is CC(=O)c1cccc(S(=O)(=O)NNC(=O)c2ccc[nH]2)c1. The summed E-state index contributed by atoms with van der Waals surface area (Å²) in [5.41, 5.74) is 2.57. The van der Waals surface area contributed by atoms with Crippen LogP contribution in [0.1, 0.15) is 27.8 Å². The van der Waals surface area contributed by atoms with Gasteiger partial charge in [-0.25, -0.2) is 8.42 Å². The molecule has 0 aliphatic heterocycles. The van der Waals surface area contributed by atoms with Crippen LogP contribution in [-0.2, 0) is 10.0 Å². The summed E-state index contributed by atoms with van der Waals surface area (Å²) in [6.07, 6.45) is 1.54. The predicted octanol–water partition coefficient (Wildman–Crippen LogP) is 0.841. The van der Waals surface area contributed by atoms with E-state index in [1.54, 1.807) is 12.3 Å². The van der Waals surface area contributed by atoms with Gasteiger partial charge in [0.05, 0.1) is 4.90 Å². The maximum absolute atomic E-state index is 12.0.